The van der Waals surface area contributed by atoms with Crippen molar-refractivity contribution in [2.45, 2.75) is 30.9 Å². The minimum Gasteiger partial charge on any atom is -0.275 e. The summed E-state index contributed by atoms with van der Waals surface area (Å²) in [6.45, 7) is 1.86. The van der Waals surface area contributed by atoms with Gasteiger partial charge in [0.2, 0.25) is 0 Å². The Bertz CT molecular complexity index is 469. The third-order valence-electron chi connectivity index (χ3n) is 3.26. The Balaban J connectivity index is 1.79. The summed E-state index contributed by atoms with van der Waals surface area (Å²) in [5.41, 5.74) is 7.82. The van der Waals surface area contributed by atoms with E-state index >= 15 is 0 Å². The SMILES string of the molecule is CCC(F)c1ccc(C2=C3CC(Br)NN32)cc1. The van der Waals surface area contributed by atoms with Crippen molar-refractivity contribution in [2.75, 3.05) is 0 Å². The van der Waals surface area contributed by atoms with E-state index in [4.69, 9.17) is 0 Å². The summed E-state index contributed by atoms with van der Waals surface area (Å²) in [4.78, 5) is 0.357. The van der Waals surface area contributed by atoms with E-state index in [2.05, 4.69) is 26.4 Å². The molecule has 2 unspecified atom stereocenters. The second kappa shape index (κ2) is 4.10. The zero-order valence-corrected chi connectivity index (χ0v) is 11.2. The van der Waals surface area contributed by atoms with E-state index in [1.165, 1.54) is 17.0 Å². The minimum atomic E-state index is -0.842. The minimum absolute atomic E-state index is 0.357. The number of hydrogen-bond donors (Lipinski definition) is 1. The molecule has 2 aliphatic heterocycles. The fraction of sp³-hybridized carbons (Fsp3) is 0.385. The molecule has 1 fully saturated rings. The van der Waals surface area contributed by atoms with E-state index in [1.807, 2.05) is 31.2 Å². The molecule has 1 saturated heterocycles. The van der Waals surface area contributed by atoms with Crippen molar-refractivity contribution in [1.29, 1.82) is 0 Å². The van der Waals surface area contributed by atoms with Crippen molar-refractivity contribution < 1.29 is 4.39 Å². The smallest absolute Gasteiger partial charge is 0.125 e. The van der Waals surface area contributed by atoms with Crippen LogP contribution in [0.4, 0.5) is 4.39 Å². The number of benzene rings is 1. The lowest BCUT2D eigenvalue weighted by atomic mass is 10.1. The third-order valence-corrected chi connectivity index (χ3v) is 3.79. The first-order chi connectivity index (χ1) is 8.20. The van der Waals surface area contributed by atoms with Gasteiger partial charge in [-0.25, -0.2) is 9.82 Å². The Morgan fingerprint density at radius 1 is 1.47 bits per heavy atom. The van der Waals surface area contributed by atoms with Crippen LogP contribution in [0, 0.1) is 0 Å². The Morgan fingerprint density at radius 2 is 2.18 bits per heavy atom. The lowest BCUT2D eigenvalue weighted by Crippen LogP contribution is -2.23. The molecule has 17 heavy (non-hydrogen) atoms. The van der Waals surface area contributed by atoms with Crippen molar-refractivity contribution in [3.05, 3.63) is 41.1 Å². The van der Waals surface area contributed by atoms with Crippen LogP contribution in [0.1, 0.15) is 37.1 Å². The molecule has 2 nitrogen and oxygen atoms in total. The average Bonchev–Trinajstić information content (AvgIpc) is 2.86. The normalized spacial score (nSPS) is 23.9. The first kappa shape index (κ1) is 11.2. The topological polar surface area (TPSA) is 15.0 Å². The van der Waals surface area contributed by atoms with Crippen LogP contribution in [0.3, 0.4) is 0 Å². The summed E-state index contributed by atoms with van der Waals surface area (Å²) in [5, 5.41) is 2.10. The first-order valence-electron chi connectivity index (χ1n) is 5.88. The predicted molar refractivity (Wildman–Crippen MR) is 69.8 cm³/mol. The fourth-order valence-corrected chi connectivity index (χ4v) is 2.78. The molecule has 1 aromatic carbocycles. The number of fused-ring (bicyclic) bond motifs is 1. The van der Waals surface area contributed by atoms with Gasteiger partial charge in [-0.2, -0.15) is 0 Å². The molecule has 3 rings (SSSR count). The quantitative estimate of drug-likeness (QED) is 0.675. The van der Waals surface area contributed by atoms with Crippen LogP contribution in [0.2, 0.25) is 0 Å². The van der Waals surface area contributed by atoms with Gasteiger partial charge in [0.1, 0.15) is 6.17 Å². The van der Waals surface area contributed by atoms with Gasteiger partial charge in [0, 0.05) is 12.0 Å². The fourth-order valence-electron chi connectivity index (χ4n) is 2.27. The second-order valence-corrected chi connectivity index (χ2v) is 5.53. The van der Waals surface area contributed by atoms with Gasteiger partial charge in [-0.3, -0.25) is 5.01 Å². The van der Waals surface area contributed by atoms with Crippen LogP contribution in [0.5, 0.6) is 0 Å². The molecule has 2 atom stereocenters. The molecule has 0 radical (unpaired) electrons. The van der Waals surface area contributed by atoms with Gasteiger partial charge in [-0.15, -0.1) is 0 Å². The summed E-state index contributed by atoms with van der Waals surface area (Å²) in [5.74, 6) is 0. The van der Waals surface area contributed by atoms with Gasteiger partial charge >= 0.3 is 0 Å². The Labute approximate surface area is 109 Å². The highest BCUT2D eigenvalue weighted by atomic mass is 79.9. The predicted octanol–water partition coefficient (Wildman–Crippen LogP) is 3.72. The van der Waals surface area contributed by atoms with Crippen LogP contribution < -0.4 is 5.43 Å². The summed E-state index contributed by atoms with van der Waals surface area (Å²) < 4.78 is 13.5. The second-order valence-electron chi connectivity index (χ2n) is 4.43. The molecule has 0 spiro atoms. The maximum absolute atomic E-state index is 13.5. The average molecular weight is 297 g/mol. The van der Waals surface area contributed by atoms with Crippen LogP contribution in [-0.4, -0.2) is 9.96 Å². The Kier molecular flexibility index (Phi) is 2.71. The molecule has 0 amide bonds. The largest absolute Gasteiger partial charge is 0.275 e. The van der Waals surface area contributed by atoms with Gasteiger partial charge in [-0.05, 0) is 12.0 Å². The van der Waals surface area contributed by atoms with E-state index in [-0.39, 0.29) is 0 Å². The molecule has 2 heterocycles. The molecule has 1 N–H and O–H groups in total. The van der Waals surface area contributed by atoms with Crippen molar-refractivity contribution in [3.63, 3.8) is 0 Å². The van der Waals surface area contributed by atoms with Crippen molar-refractivity contribution in [1.82, 2.24) is 10.4 Å². The highest BCUT2D eigenvalue weighted by molar-refractivity contribution is 9.09. The van der Waals surface area contributed by atoms with E-state index in [1.54, 1.807) is 0 Å². The van der Waals surface area contributed by atoms with Crippen molar-refractivity contribution >= 4 is 21.6 Å². The molecule has 0 saturated carbocycles. The Morgan fingerprint density at radius 3 is 2.71 bits per heavy atom. The van der Waals surface area contributed by atoms with E-state index in [0.717, 1.165) is 12.0 Å². The Hall–Kier alpha value is -0.870. The van der Waals surface area contributed by atoms with Gasteiger partial charge in [0.25, 0.3) is 0 Å². The first-order valence-corrected chi connectivity index (χ1v) is 6.80. The van der Waals surface area contributed by atoms with Crippen molar-refractivity contribution in [2.24, 2.45) is 0 Å². The monoisotopic (exact) mass is 296 g/mol. The van der Waals surface area contributed by atoms with Gasteiger partial charge in [0.05, 0.1) is 16.3 Å². The number of nitrogens with zero attached hydrogens (tertiary/aromatic N) is 1. The molecule has 0 aliphatic carbocycles. The number of halogens is 2. The highest BCUT2D eigenvalue weighted by Crippen LogP contribution is 2.46. The lowest BCUT2D eigenvalue weighted by Gasteiger charge is -2.09. The number of nitrogens with one attached hydrogen (secondary N) is 1. The van der Waals surface area contributed by atoms with Crippen LogP contribution >= 0.6 is 15.9 Å². The third kappa shape index (κ3) is 1.89. The van der Waals surface area contributed by atoms with Gasteiger partial charge in [0.15, 0.2) is 0 Å². The molecular weight excluding hydrogens is 283 g/mol. The van der Waals surface area contributed by atoms with Crippen LogP contribution in [0.25, 0.3) is 5.70 Å². The lowest BCUT2D eigenvalue weighted by molar-refractivity contribution is 0.334. The summed E-state index contributed by atoms with van der Waals surface area (Å²) in [6, 6.07) is 7.78. The number of rotatable bonds is 3. The molecular formula is C13H14BrFN2. The molecule has 4 heteroatoms. The number of alkyl halides is 2. The molecule has 1 aromatic rings. The van der Waals surface area contributed by atoms with Gasteiger partial charge < -0.3 is 0 Å². The van der Waals surface area contributed by atoms with Crippen LogP contribution in [0.15, 0.2) is 30.0 Å². The van der Waals surface area contributed by atoms with E-state index in [9.17, 15) is 4.39 Å². The molecule has 0 bridgehead atoms. The summed E-state index contributed by atoms with van der Waals surface area (Å²) >= 11 is 3.51. The molecule has 90 valence electrons. The number of hydrazine groups is 1. The van der Waals surface area contributed by atoms with Gasteiger partial charge in [-0.1, -0.05) is 47.1 Å². The standard InChI is InChI=1S/C13H14BrFN2/c1-2-10(15)8-3-5-9(6-4-8)13-11-7-12(14)16-17(11)13/h3-6,10,12,16H,2,7H2,1H3. The summed E-state index contributed by atoms with van der Waals surface area (Å²) in [6.07, 6.45) is 0.704. The van der Waals surface area contributed by atoms with Crippen LogP contribution in [-0.2, 0) is 0 Å². The zero-order valence-electron chi connectivity index (χ0n) is 9.58. The van der Waals surface area contributed by atoms with E-state index < -0.39 is 6.17 Å². The number of hydrogen-bond acceptors (Lipinski definition) is 2. The van der Waals surface area contributed by atoms with Crippen molar-refractivity contribution in [3.8, 4) is 0 Å². The maximum atomic E-state index is 13.5. The summed E-state index contributed by atoms with van der Waals surface area (Å²) in [7, 11) is 0. The molecule has 2 aliphatic rings. The van der Waals surface area contributed by atoms with E-state index in [0.29, 0.717) is 11.4 Å². The maximum Gasteiger partial charge on any atom is 0.125 e. The molecule has 0 aromatic heterocycles. The zero-order chi connectivity index (χ0) is 12.0. The highest BCUT2D eigenvalue weighted by Gasteiger charge is 2.42.